The van der Waals surface area contributed by atoms with Crippen LogP contribution >= 0.6 is 11.6 Å². The third kappa shape index (κ3) is 2.88. The largest absolute Gasteiger partial charge is 0.351 e. The lowest BCUT2D eigenvalue weighted by Crippen LogP contribution is -2.52. The Hall–Kier alpha value is -1.81. The smallest absolute Gasteiger partial charge is 0.230 e. The molecule has 0 spiro atoms. The minimum Gasteiger partial charge on any atom is -0.351 e. The second kappa shape index (κ2) is 6.13. The summed E-state index contributed by atoms with van der Waals surface area (Å²) in [7, 11) is 0. The molecule has 2 aromatic rings. The first-order valence-electron chi connectivity index (χ1n) is 7.63. The molecule has 0 bridgehead atoms. The molecule has 1 aliphatic rings. The van der Waals surface area contributed by atoms with Gasteiger partial charge in [0.2, 0.25) is 5.91 Å². The van der Waals surface area contributed by atoms with Crippen molar-refractivity contribution in [3.63, 3.8) is 0 Å². The lowest BCUT2D eigenvalue weighted by atomic mass is 9.63. The van der Waals surface area contributed by atoms with Crippen LogP contribution in [0.3, 0.4) is 0 Å². The first-order valence-corrected chi connectivity index (χ1v) is 8.01. The van der Waals surface area contributed by atoms with Crippen LogP contribution in [0.15, 0.2) is 43.0 Å². The molecule has 1 saturated carbocycles. The fourth-order valence-corrected chi connectivity index (χ4v) is 3.27. The van der Waals surface area contributed by atoms with Gasteiger partial charge in [-0.05, 0) is 37.5 Å². The topological polar surface area (TPSA) is 46.9 Å². The number of rotatable bonds is 5. The zero-order valence-corrected chi connectivity index (χ0v) is 13.4. The minimum absolute atomic E-state index is 0.0540. The molecule has 0 radical (unpaired) electrons. The Morgan fingerprint density at radius 1 is 1.50 bits per heavy atom. The standard InChI is InChI=1S/C17H20ClN3O/c1-13(11-21-9-8-19-12-21)20-16(22)17(6-3-7-17)14-4-2-5-15(18)10-14/h2,4-5,8-10,12-13H,3,6-7,11H2,1H3,(H,20,22)/t13-/m0/s1. The number of imidazole rings is 1. The summed E-state index contributed by atoms with van der Waals surface area (Å²) in [4.78, 5) is 16.8. The highest BCUT2D eigenvalue weighted by Gasteiger charge is 2.45. The normalized spacial score (nSPS) is 17.5. The van der Waals surface area contributed by atoms with Crippen LogP contribution in [-0.2, 0) is 16.8 Å². The molecular formula is C17H20ClN3O. The lowest BCUT2D eigenvalue weighted by Gasteiger charge is -2.41. The van der Waals surface area contributed by atoms with Crippen molar-refractivity contribution < 1.29 is 4.79 Å². The quantitative estimate of drug-likeness (QED) is 0.920. The van der Waals surface area contributed by atoms with Crippen LogP contribution in [0.1, 0.15) is 31.7 Å². The van der Waals surface area contributed by atoms with E-state index >= 15 is 0 Å². The number of halogens is 1. The Morgan fingerprint density at radius 3 is 2.91 bits per heavy atom. The van der Waals surface area contributed by atoms with Crippen molar-refractivity contribution >= 4 is 17.5 Å². The Morgan fingerprint density at radius 2 is 2.32 bits per heavy atom. The molecule has 3 rings (SSSR count). The van der Waals surface area contributed by atoms with E-state index in [0.717, 1.165) is 31.4 Å². The van der Waals surface area contributed by atoms with Crippen LogP contribution in [-0.4, -0.2) is 21.5 Å². The summed E-state index contributed by atoms with van der Waals surface area (Å²) in [5, 5.41) is 3.83. The number of carbonyl (C=O) groups is 1. The molecule has 1 amide bonds. The number of carbonyl (C=O) groups excluding carboxylic acids is 1. The van der Waals surface area contributed by atoms with Crippen LogP contribution in [0, 0.1) is 0 Å². The van der Waals surface area contributed by atoms with Gasteiger partial charge in [0, 0.05) is 30.0 Å². The average Bonchev–Trinajstić information content (AvgIpc) is 2.90. The zero-order valence-electron chi connectivity index (χ0n) is 12.6. The van der Waals surface area contributed by atoms with Gasteiger partial charge in [-0.15, -0.1) is 0 Å². The molecule has 1 aliphatic carbocycles. The highest BCUT2D eigenvalue weighted by atomic mass is 35.5. The van der Waals surface area contributed by atoms with Gasteiger partial charge in [-0.3, -0.25) is 4.79 Å². The molecule has 0 saturated heterocycles. The van der Waals surface area contributed by atoms with E-state index in [4.69, 9.17) is 11.6 Å². The van der Waals surface area contributed by atoms with Crippen LogP contribution in [0.5, 0.6) is 0 Å². The first-order chi connectivity index (χ1) is 10.6. The van der Waals surface area contributed by atoms with Crippen molar-refractivity contribution in [2.75, 3.05) is 0 Å². The third-order valence-electron chi connectivity index (χ3n) is 4.44. The van der Waals surface area contributed by atoms with Crippen molar-refractivity contribution in [2.24, 2.45) is 0 Å². The van der Waals surface area contributed by atoms with Crippen molar-refractivity contribution in [1.82, 2.24) is 14.9 Å². The Kier molecular flexibility index (Phi) is 4.21. The van der Waals surface area contributed by atoms with Gasteiger partial charge in [0.15, 0.2) is 0 Å². The fraction of sp³-hybridized carbons (Fsp3) is 0.412. The summed E-state index contributed by atoms with van der Waals surface area (Å²) >= 11 is 6.10. The van der Waals surface area contributed by atoms with E-state index in [1.807, 2.05) is 42.0 Å². The average molecular weight is 318 g/mol. The van der Waals surface area contributed by atoms with E-state index in [9.17, 15) is 4.79 Å². The SMILES string of the molecule is C[C@@H](Cn1ccnc1)NC(=O)C1(c2cccc(Cl)c2)CCC1. The van der Waals surface area contributed by atoms with E-state index < -0.39 is 5.41 Å². The van der Waals surface area contributed by atoms with Gasteiger partial charge < -0.3 is 9.88 Å². The van der Waals surface area contributed by atoms with Gasteiger partial charge >= 0.3 is 0 Å². The lowest BCUT2D eigenvalue weighted by molar-refractivity contribution is -0.130. The van der Waals surface area contributed by atoms with E-state index in [1.54, 1.807) is 12.5 Å². The molecule has 4 nitrogen and oxygen atoms in total. The molecular weight excluding hydrogens is 298 g/mol. The van der Waals surface area contributed by atoms with E-state index in [-0.39, 0.29) is 11.9 Å². The number of hydrogen-bond acceptors (Lipinski definition) is 2. The molecule has 5 heteroatoms. The number of amides is 1. The van der Waals surface area contributed by atoms with Crippen LogP contribution < -0.4 is 5.32 Å². The first kappa shape index (κ1) is 15.1. The van der Waals surface area contributed by atoms with E-state index in [1.165, 1.54) is 0 Å². The molecule has 1 fully saturated rings. The molecule has 1 aromatic heterocycles. The zero-order chi connectivity index (χ0) is 15.6. The maximum atomic E-state index is 12.8. The molecule has 116 valence electrons. The van der Waals surface area contributed by atoms with Gasteiger partial charge in [0.25, 0.3) is 0 Å². The second-order valence-corrected chi connectivity index (χ2v) is 6.52. The summed E-state index contributed by atoms with van der Waals surface area (Å²) in [6.07, 6.45) is 8.26. The number of benzene rings is 1. The van der Waals surface area contributed by atoms with Gasteiger partial charge in [0.05, 0.1) is 11.7 Å². The highest BCUT2D eigenvalue weighted by Crippen LogP contribution is 2.44. The number of hydrogen-bond donors (Lipinski definition) is 1. The molecule has 22 heavy (non-hydrogen) atoms. The maximum absolute atomic E-state index is 12.8. The van der Waals surface area contributed by atoms with Crippen molar-refractivity contribution in [3.05, 3.63) is 53.6 Å². The molecule has 0 aliphatic heterocycles. The number of nitrogens with one attached hydrogen (secondary N) is 1. The Labute approximate surface area is 135 Å². The summed E-state index contributed by atoms with van der Waals surface area (Å²) in [5.41, 5.74) is 0.618. The number of aromatic nitrogens is 2. The summed E-state index contributed by atoms with van der Waals surface area (Å²) in [6, 6.07) is 7.74. The van der Waals surface area contributed by atoms with Gasteiger partial charge in [0.1, 0.15) is 0 Å². The Bertz CT molecular complexity index is 650. The van der Waals surface area contributed by atoms with Crippen molar-refractivity contribution in [3.8, 4) is 0 Å². The fourth-order valence-electron chi connectivity index (χ4n) is 3.08. The summed E-state index contributed by atoms with van der Waals surface area (Å²) in [5.74, 6) is 0.105. The molecule has 0 unspecified atom stereocenters. The van der Waals surface area contributed by atoms with Gasteiger partial charge in [-0.1, -0.05) is 30.2 Å². The Balaban J connectivity index is 1.72. The predicted octanol–water partition coefficient (Wildman–Crippen LogP) is 3.16. The van der Waals surface area contributed by atoms with Crippen LogP contribution in [0.4, 0.5) is 0 Å². The van der Waals surface area contributed by atoms with Crippen molar-refractivity contribution in [2.45, 2.75) is 44.2 Å². The molecule has 1 N–H and O–H groups in total. The third-order valence-corrected chi connectivity index (χ3v) is 4.68. The molecule has 1 heterocycles. The summed E-state index contributed by atoms with van der Waals surface area (Å²) < 4.78 is 1.97. The maximum Gasteiger partial charge on any atom is 0.230 e. The van der Waals surface area contributed by atoms with Gasteiger partial charge in [-0.2, -0.15) is 0 Å². The van der Waals surface area contributed by atoms with E-state index in [2.05, 4.69) is 10.3 Å². The predicted molar refractivity (Wildman–Crippen MR) is 86.8 cm³/mol. The monoisotopic (exact) mass is 317 g/mol. The second-order valence-electron chi connectivity index (χ2n) is 6.08. The summed E-state index contributed by atoms with van der Waals surface area (Å²) in [6.45, 7) is 2.74. The van der Waals surface area contributed by atoms with E-state index in [0.29, 0.717) is 5.02 Å². The minimum atomic E-state index is -0.409. The van der Waals surface area contributed by atoms with Gasteiger partial charge in [-0.25, -0.2) is 4.98 Å². The molecule has 1 aromatic carbocycles. The number of nitrogens with zero attached hydrogens (tertiary/aromatic N) is 2. The van der Waals surface area contributed by atoms with Crippen LogP contribution in [0.25, 0.3) is 0 Å². The highest BCUT2D eigenvalue weighted by molar-refractivity contribution is 6.30. The molecule has 1 atom stereocenters. The van der Waals surface area contributed by atoms with Crippen molar-refractivity contribution in [1.29, 1.82) is 0 Å². The van der Waals surface area contributed by atoms with Crippen LogP contribution in [0.2, 0.25) is 5.02 Å².